The van der Waals surface area contributed by atoms with Gasteiger partial charge in [-0.05, 0) is 37.1 Å². The van der Waals surface area contributed by atoms with Crippen molar-refractivity contribution >= 4 is 16.6 Å². The molecule has 100 valence electrons. The summed E-state index contributed by atoms with van der Waals surface area (Å²) in [6, 6.07) is 6.98. The summed E-state index contributed by atoms with van der Waals surface area (Å²) in [4.78, 5) is 11.9. The molecule has 0 saturated carbocycles. The summed E-state index contributed by atoms with van der Waals surface area (Å²) in [6.07, 6.45) is 0. The molecule has 18 heavy (non-hydrogen) atoms. The van der Waals surface area contributed by atoms with Gasteiger partial charge in [0, 0.05) is 22.1 Å². The van der Waals surface area contributed by atoms with Crippen LogP contribution in [0.4, 0.5) is 0 Å². The summed E-state index contributed by atoms with van der Waals surface area (Å²) in [5.41, 5.74) is 0.593. The highest BCUT2D eigenvalue weighted by Gasteiger charge is 2.11. The maximum atomic E-state index is 11.9. The standard InChI is InChI=1S/C14H20O3S/c1-4-17-13-7-5-12(6-8-13)14(15)10-18(16)9-11(2)3/h5-8,11H,4,9-10H2,1-3H3. The summed E-state index contributed by atoms with van der Waals surface area (Å²) >= 11 is 0. The van der Waals surface area contributed by atoms with Crippen LogP contribution in [0.3, 0.4) is 0 Å². The zero-order valence-electron chi connectivity index (χ0n) is 11.1. The Labute approximate surface area is 111 Å². The first-order valence-corrected chi connectivity index (χ1v) is 7.62. The molecule has 0 heterocycles. The molecule has 0 aromatic heterocycles. The van der Waals surface area contributed by atoms with Gasteiger partial charge in [-0.25, -0.2) is 0 Å². The van der Waals surface area contributed by atoms with Crippen LogP contribution in [0.5, 0.6) is 5.75 Å². The van der Waals surface area contributed by atoms with Crippen molar-refractivity contribution in [1.82, 2.24) is 0 Å². The molecule has 0 radical (unpaired) electrons. The van der Waals surface area contributed by atoms with Crippen molar-refractivity contribution in [3.05, 3.63) is 29.8 Å². The minimum absolute atomic E-state index is 0.0722. The molecule has 0 aliphatic carbocycles. The van der Waals surface area contributed by atoms with Gasteiger partial charge in [0.25, 0.3) is 0 Å². The third-order valence-electron chi connectivity index (χ3n) is 2.30. The van der Waals surface area contributed by atoms with E-state index >= 15 is 0 Å². The van der Waals surface area contributed by atoms with Gasteiger partial charge in [-0.15, -0.1) is 0 Å². The smallest absolute Gasteiger partial charge is 0.175 e. The number of benzene rings is 1. The molecule has 0 spiro atoms. The van der Waals surface area contributed by atoms with E-state index in [2.05, 4.69) is 0 Å². The summed E-state index contributed by atoms with van der Waals surface area (Å²) in [5.74, 6) is 1.70. The topological polar surface area (TPSA) is 43.4 Å². The zero-order valence-corrected chi connectivity index (χ0v) is 12.0. The van der Waals surface area contributed by atoms with Crippen LogP contribution in [0.15, 0.2) is 24.3 Å². The highest BCUT2D eigenvalue weighted by molar-refractivity contribution is 7.85. The van der Waals surface area contributed by atoms with Crippen molar-refractivity contribution in [2.45, 2.75) is 20.8 Å². The van der Waals surface area contributed by atoms with E-state index in [4.69, 9.17) is 4.74 Å². The molecule has 1 unspecified atom stereocenters. The molecule has 0 amide bonds. The summed E-state index contributed by atoms with van der Waals surface area (Å²) in [5, 5.41) is 0. The third kappa shape index (κ3) is 5.00. The van der Waals surface area contributed by atoms with E-state index < -0.39 is 10.8 Å². The first-order chi connectivity index (χ1) is 8.52. The lowest BCUT2D eigenvalue weighted by Crippen LogP contribution is -2.15. The van der Waals surface area contributed by atoms with E-state index in [0.29, 0.717) is 23.8 Å². The van der Waals surface area contributed by atoms with Crippen molar-refractivity contribution in [3.8, 4) is 5.75 Å². The Kier molecular flexibility index (Phi) is 6.05. The molecule has 1 atom stereocenters. The number of ether oxygens (including phenoxy) is 1. The molecule has 0 N–H and O–H groups in total. The van der Waals surface area contributed by atoms with E-state index in [0.717, 1.165) is 5.75 Å². The quantitative estimate of drug-likeness (QED) is 0.714. The molecular weight excluding hydrogens is 248 g/mol. The Hall–Kier alpha value is -1.16. The summed E-state index contributed by atoms with van der Waals surface area (Å²) in [6.45, 7) is 6.51. The maximum absolute atomic E-state index is 11.9. The van der Waals surface area contributed by atoms with Crippen LogP contribution in [0.2, 0.25) is 0 Å². The second kappa shape index (κ2) is 7.31. The van der Waals surface area contributed by atoms with Gasteiger partial charge >= 0.3 is 0 Å². The number of carbonyl (C=O) groups is 1. The van der Waals surface area contributed by atoms with Crippen molar-refractivity contribution in [2.24, 2.45) is 5.92 Å². The number of rotatable bonds is 7. The van der Waals surface area contributed by atoms with E-state index in [-0.39, 0.29) is 11.5 Å². The Morgan fingerprint density at radius 3 is 2.39 bits per heavy atom. The molecule has 4 heteroatoms. The zero-order chi connectivity index (χ0) is 13.5. The van der Waals surface area contributed by atoms with Gasteiger partial charge in [-0.2, -0.15) is 0 Å². The van der Waals surface area contributed by atoms with Gasteiger partial charge in [-0.3, -0.25) is 9.00 Å². The molecule has 0 saturated heterocycles. The monoisotopic (exact) mass is 268 g/mol. The Morgan fingerprint density at radius 2 is 1.89 bits per heavy atom. The number of hydrogen-bond donors (Lipinski definition) is 0. The fourth-order valence-electron chi connectivity index (χ4n) is 1.56. The molecule has 3 nitrogen and oxygen atoms in total. The minimum atomic E-state index is -1.07. The fourth-order valence-corrected chi connectivity index (χ4v) is 2.88. The van der Waals surface area contributed by atoms with Crippen LogP contribution >= 0.6 is 0 Å². The van der Waals surface area contributed by atoms with Crippen LogP contribution in [0, 0.1) is 5.92 Å². The lowest BCUT2D eigenvalue weighted by atomic mass is 10.1. The maximum Gasteiger partial charge on any atom is 0.175 e. The van der Waals surface area contributed by atoms with Crippen LogP contribution in [0.25, 0.3) is 0 Å². The lowest BCUT2D eigenvalue weighted by Gasteiger charge is -2.06. The highest BCUT2D eigenvalue weighted by atomic mass is 32.2. The number of hydrogen-bond acceptors (Lipinski definition) is 3. The molecule has 1 aromatic carbocycles. The number of carbonyl (C=O) groups excluding carboxylic acids is 1. The predicted molar refractivity (Wildman–Crippen MR) is 74.7 cm³/mol. The second-order valence-corrected chi connectivity index (χ2v) is 6.03. The van der Waals surface area contributed by atoms with E-state index in [1.165, 1.54) is 0 Å². The third-order valence-corrected chi connectivity index (χ3v) is 3.92. The molecule has 0 aliphatic rings. The Bertz CT molecular complexity index is 410. The number of ketones is 1. The first-order valence-electron chi connectivity index (χ1n) is 6.14. The first kappa shape index (κ1) is 14.9. The van der Waals surface area contributed by atoms with Crippen molar-refractivity contribution in [2.75, 3.05) is 18.1 Å². The predicted octanol–water partition coefficient (Wildman–Crippen LogP) is 2.67. The van der Waals surface area contributed by atoms with Gasteiger partial charge in [-0.1, -0.05) is 13.8 Å². The Morgan fingerprint density at radius 1 is 1.28 bits per heavy atom. The molecule has 0 bridgehead atoms. The summed E-state index contributed by atoms with van der Waals surface area (Å²) < 4.78 is 17.0. The van der Waals surface area contributed by atoms with Crippen LogP contribution < -0.4 is 4.74 Å². The SMILES string of the molecule is CCOc1ccc(C(=O)CS(=O)CC(C)C)cc1. The second-order valence-electron chi connectivity index (χ2n) is 4.53. The van der Waals surface area contributed by atoms with E-state index in [1.807, 2.05) is 20.8 Å². The Balaban J connectivity index is 2.58. The lowest BCUT2D eigenvalue weighted by molar-refractivity contribution is 0.102. The van der Waals surface area contributed by atoms with Crippen LogP contribution in [-0.4, -0.2) is 28.1 Å². The molecule has 0 fully saturated rings. The average molecular weight is 268 g/mol. The van der Waals surface area contributed by atoms with Crippen LogP contribution in [0.1, 0.15) is 31.1 Å². The van der Waals surface area contributed by atoms with E-state index in [1.54, 1.807) is 24.3 Å². The summed E-state index contributed by atoms with van der Waals surface area (Å²) in [7, 11) is -1.07. The molecule has 0 aliphatic heterocycles. The minimum Gasteiger partial charge on any atom is -0.494 e. The van der Waals surface area contributed by atoms with Gasteiger partial charge < -0.3 is 4.74 Å². The number of Topliss-reactive ketones (excluding diaryl/α,β-unsaturated/α-hetero) is 1. The molecule has 1 aromatic rings. The normalized spacial score (nSPS) is 12.4. The van der Waals surface area contributed by atoms with Gasteiger partial charge in [0.05, 0.1) is 12.4 Å². The van der Waals surface area contributed by atoms with Crippen molar-refractivity contribution in [1.29, 1.82) is 0 Å². The van der Waals surface area contributed by atoms with Gasteiger partial charge in [0.15, 0.2) is 5.78 Å². The average Bonchev–Trinajstić information content (AvgIpc) is 2.29. The molecular formula is C14H20O3S. The van der Waals surface area contributed by atoms with E-state index in [9.17, 15) is 9.00 Å². The van der Waals surface area contributed by atoms with Gasteiger partial charge in [0.2, 0.25) is 0 Å². The van der Waals surface area contributed by atoms with Crippen molar-refractivity contribution in [3.63, 3.8) is 0 Å². The molecule has 1 rings (SSSR count). The highest BCUT2D eigenvalue weighted by Crippen LogP contribution is 2.13. The van der Waals surface area contributed by atoms with Gasteiger partial charge in [0.1, 0.15) is 5.75 Å². The fraction of sp³-hybridized carbons (Fsp3) is 0.500. The van der Waals surface area contributed by atoms with Crippen LogP contribution in [-0.2, 0) is 10.8 Å². The largest absolute Gasteiger partial charge is 0.494 e. The van der Waals surface area contributed by atoms with Crippen molar-refractivity contribution < 1.29 is 13.7 Å².